The van der Waals surface area contributed by atoms with Crippen molar-refractivity contribution in [2.75, 3.05) is 6.61 Å². The Hall–Kier alpha value is -2.29. The maximum atomic E-state index is 13.2. The summed E-state index contributed by atoms with van der Waals surface area (Å²) in [6.07, 6.45) is 4.61. The summed E-state index contributed by atoms with van der Waals surface area (Å²) in [7, 11) is 0. The van der Waals surface area contributed by atoms with Gasteiger partial charge in [-0.05, 0) is 38.3 Å². The van der Waals surface area contributed by atoms with E-state index in [1.807, 2.05) is 20.8 Å². The van der Waals surface area contributed by atoms with Crippen LogP contribution in [-0.4, -0.2) is 62.6 Å². The third-order valence-electron chi connectivity index (χ3n) is 9.68. The van der Waals surface area contributed by atoms with Crippen LogP contribution in [-0.2, 0) is 23.9 Å². The number of rotatable bonds is 6. The van der Waals surface area contributed by atoms with E-state index in [9.17, 15) is 29.7 Å². The summed E-state index contributed by atoms with van der Waals surface area (Å²) in [6, 6.07) is 0. The number of fused-ring (bicyclic) bond motifs is 5. The molecule has 0 aromatic carbocycles. The van der Waals surface area contributed by atoms with Gasteiger partial charge in [0.15, 0.2) is 11.4 Å². The zero-order chi connectivity index (χ0) is 27.7. The normalized spacial score (nSPS) is 41.9. The zero-order valence-corrected chi connectivity index (χ0v) is 22.8. The van der Waals surface area contributed by atoms with Crippen molar-refractivity contribution < 1.29 is 39.2 Å². The summed E-state index contributed by atoms with van der Waals surface area (Å²) in [6.45, 7) is 12.0. The molecule has 3 unspecified atom stereocenters. The van der Waals surface area contributed by atoms with Crippen LogP contribution >= 0.6 is 0 Å². The number of ether oxygens (including phenoxy) is 2. The SMILES string of the molecule is C/C=C(\C)C(=O)OC1[C@@H](C)[C@@]2(O)[C@@H](C=C(CO)C[C@]3(O)C(=O)C(C)=C[C@@H]23)C2C(C)(C)C12OC(=O)CCC. The van der Waals surface area contributed by atoms with Gasteiger partial charge in [0.05, 0.1) is 12.2 Å². The predicted molar refractivity (Wildman–Crippen MR) is 135 cm³/mol. The molecule has 0 aromatic heterocycles. The second-order valence-electron chi connectivity index (χ2n) is 12.0. The molecule has 8 nitrogen and oxygen atoms in total. The van der Waals surface area contributed by atoms with Crippen molar-refractivity contribution in [3.05, 3.63) is 34.9 Å². The van der Waals surface area contributed by atoms with Gasteiger partial charge in [0, 0.05) is 47.5 Å². The van der Waals surface area contributed by atoms with Crippen LogP contribution in [0.4, 0.5) is 0 Å². The van der Waals surface area contributed by atoms with Gasteiger partial charge in [0.25, 0.3) is 0 Å². The van der Waals surface area contributed by atoms with Crippen molar-refractivity contribution >= 4 is 17.7 Å². The Labute approximate surface area is 218 Å². The molecule has 0 bridgehead atoms. The van der Waals surface area contributed by atoms with Gasteiger partial charge < -0.3 is 24.8 Å². The Kier molecular flexibility index (Phi) is 6.66. The average Bonchev–Trinajstić information content (AvgIpc) is 3.26. The summed E-state index contributed by atoms with van der Waals surface area (Å²) in [4.78, 5) is 39.2. The number of hydrogen-bond donors (Lipinski definition) is 3. The maximum absolute atomic E-state index is 13.2. The number of aliphatic hydroxyl groups is 3. The fourth-order valence-corrected chi connectivity index (χ4v) is 7.59. The molecule has 0 spiro atoms. The van der Waals surface area contributed by atoms with Gasteiger partial charge in [-0.25, -0.2) is 4.79 Å². The molecule has 4 aliphatic carbocycles. The molecule has 0 radical (unpaired) electrons. The van der Waals surface area contributed by atoms with E-state index in [2.05, 4.69) is 0 Å². The number of esters is 2. The quantitative estimate of drug-likeness (QED) is 0.279. The number of allylic oxidation sites excluding steroid dienone is 1. The number of ketones is 1. The van der Waals surface area contributed by atoms with Crippen molar-refractivity contribution in [2.45, 2.75) is 90.6 Å². The first-order valence-corrected chi connectivity index (χ1v) is 13.2. The van der Waals surface area contributed by atoms with Gasteiger partial charge in [0.2, 0.25) is 0 Å². The Bertz CT molecular complexity index is 1110. The van der Waals surface area contributed by atoms with Gasteiger partial charge >= 0.3 is 11.9 Å². The van der Waals surface area contributed by atoms with Crippen LogP contribution in [0.5, 0.6) is 0 Å². The van der Waals surface area contributed by atoms with Crippen LogP contribution in [0.1, 0.15) is 67.7 Å². The third-order valence-corrected chi connectivity index (χ3v) is 9.68. The van der Waals surface area contributed by atoms with E-state index in [0.717, 1.165) is 0 Å². The fraction of sp³-hybridized carbons (Fsp3) is 0.690. The first kappa shape index (κ1) is 27.7. The third kappa shape index (κ3) is 3.55. The van der Waals surface area contributed by atoms with E-state index in [-0.39, 0.29) is 12.8 Å². The largest absolute Gasteiger partial charge is 0.454 e. The molecule has 2 saturated carbocycles. The molecule has 8 heteroatoms. The van der Waals surface area contributed by atoms with Gasteiger partial charge in [-0.15, -0.1) is 0 Å². The molecule has 0 aromatic rings. The molecule has 0 saturated heterocycles. The molecular formula is C29H40O8. The highest BCUT2D eigenvalue weighted by atomic mass is 16.6. The van der Waals surface area contributed by atoms with Crippen LogP contribution < -0.4 is 0 Å². The molecule has 2 fully saturated rings. The summed E-state index contributed by atoms with van der Waals surface area (Å²) in [5.74, 6) is -4.49. The Morgan fingerprint density at radius 1 is 1.22 bits per heavy atom. The van der Waals surface area contributed by atoms with Gasteiger partial charge in [0.1, 0.15) is 11.7 Å². The molecule has 0 amide bonds. The molecule has 0 heterocycles. The van der Waals surface area contributed by atoms with Crippen LogP contribution in [0.2, 0.25) is 0 Å². The van der Waals surface area contributed by atoms with Crippen LogP contribution in [0, 0.1) is 29.1 Å². The summed E-state index contributed by atoms with van der Waals surface area (Å²) < 4.78 is 12.3. The number of aliphatic hydroxyl groups excluding tert-OH is 1. The van der Waals surface area contributed by atoms with E-state index in [1.54, 1.807) is 45.9 Å². The maximum Gasteiger partial charge on any atom is 0.333 e. The molecule has 3 N–H and O–H groups in total. The standard InChI is InChI=1S/C29H40O8/c1-8-10-21(31)37-29-22(26(29,6)7)19-12-18(14-30)13-27(34)20(11-16(4)23(27)32)28(19,35)17(5)24(29)36-25(33)15(3)9-2/h9,11-12,17,19-20,22,24,30,34-35H,8,10,13-14H2,1-7H3/b15-9+/t17-,19+,20-,22?,24?,27-,28-,29?/m1/s1. The smallest absolute Gasteiger partial charge is 0.333 e. The zero-order valence-electron chi connectivity index (χ0n) is 22.8. The molecule has 4 rings (SSSR count). The lowest BCUT2D eigenvalue weighted by molar-refractivity contribution is -0.227. The first-order valence-electron chi connectivity index (χ1n) is 13.2. The molecular weight excluding hydrogens is 476 g/mol. The Morgan fingerprint density at radius 2 is 1.86 bits per heavy atom. The van der Waals surface area contributed by atoms with Crippen molar-refractivity contribution in [2.24, 2.45) is 29.1 Å². The number of Topliss-reactive ketones (excluding diaryl/α,β-unsaturated/α-hetero) is 1. The molecule has 8 atom stereocenters. The Balaban J connectivity index is 1.94. The minimum Gasteiger partial charge on any atom is -0.454 e. The van der Waals surface area contributed by atoms with Crippen molar-refractivity contribution in [1.82, 2.24) is 0 Å². The van der Waals surface area contributed by atoms with Crippen molar-refractivity contribution in [3.8, 4) is 0 Å². The van der Waals surface area contributed by atoms with E-state index in [1.165, 1.54) is 0 Å². The van der Waals surface area contributed by atoms with Crippen molar-refractivity contribution in [1.29, 1.82) is 0 Å². The molecule has 37 heavy (non-hydrogen) atoms. The average molecular weight is 517 g/mol. The van der Waals surface area contributed by atoms with Gasteiger partial charge in [-0.2, -0.15) is 0 Å². The number of carbonyl (C=O) groups is 3. The van der Waals surface area contributed by atoms with Gasteiger partial charge in [-0.3, -0.25) is 9.59 Å². The monoisotopic (exact) mass is 516 g/mol. The van der Waals surface area contributed by atoms with E-state index in [4.69, 9.17) is 9.47 Å². The topological polar surface area (TPSA) is 130 Å². The lowest BCUT2D eigenvalue weighted by Crippen LogP contribution is -2.66. The predicted octanol–water partition coefficient (Wildman–Crippen LogP) is 2.80. The highest BCUT2D eigenvalue weighted by Gasteiger charge is 2.87. The summed E-state index contributed by atoms with van der Waals surface area (Å²) in [5, 5.41) is 34.6. The number of hydrogen-bond acceptors (Lipinski definition) is 8. The highest BCUT2D eigenvalue weighted by molar-refractivity contribution is 6.04. The minimum absolute atomic E-state index is 0.121. The highest BCUT2D eigenvalue weighted by Crippen LogP contribution is 2.77. The van der Waals surface area contributed by atoms with Crippen molar-refractivity contribution in [3.63, 3.8) is 0 Å². The molecule has 0 aliphatic heterocycles. The summed E-state index contributed by atoms with van der Waals surface area (Å²) in [5.41, 5.74) is -4.46. The van der Waals surface area contributed by atoms with Crippen LogP contribution in [0.3, 0.4) is 0 Å². The summed E-state index contributed by atoms with van der Waals surface area (Å²) >= 11 is 0. The molecule has 204 valence electrons. The van der Waals surface area contributed by atoms with E-state index < -0.39 is 76.3 Å². The first-order chi connectivity index (χ1) is 17.2. The molecule has 4 aliphatic rings. The minimum atomic E-state index is -1.94. The van der Waals surface area contributed by atoms with Crippen LogP contribution in [0.25, 0.3) is 0 Å². The van der Waals surface area contributed by atoms with Gasteiger partial charge in [-0.1, -0.05) is 45.9 Å². The number of carbonyl (C=O) groups excluding carboxylic acids is 3. The second-order valence-corrected chi connectivity index (χ2v) is 12.0. The van der Waals surface area contributed by atoms with E-state index >= 15 is 0 Å². The fourth-order valence-electron chi connectivity index (χ4n) is 7.59. The van der Waals surface area contributed by atoms with E-state index in [0.29, 0.717) is 23.1 Å². The van der Waals surface area contributed by atoms with Crippen LogP contribution in [0.15, 0.2) is 34.9 Å². The Morgan fingerprint density at radius 3 is 2.43 bits per heavy atom. The second kappa shape index (κ2) is 8.89. The lowest BCUT2D eigenvalue weighted by atomic mass is 9.59. The lowest BCUT2D eigenvalue weighted by Gasteiger charge is -2.53.